The third-order valence-electron chi connectivity index (χ3n) is 2.22. The molecule has 1 aromatic rings. The second-order valence-electron chi connectivity index (χ2n) is 3.65. The van der Waals surface area contributed by atoms with Crippen LogP contribution in [0.2, 0.25) is 0 Å². The smallest absolute Gasteiger partial charge is 0.308 e. The number of primary amides is 1. The largest absolute Gasteiger partial charge is 0.466 e. The Morgan fingerprint density at radius 2 is 2.16 bits per heavy atom. The van der Waals surface area contributed by atoms with Crippen molar-refractivity contribution in [1.82, 2.24) is 10.3 Å². The van der Waals surface area contributed by atoms with E-state index < -0.39 is 23.8 Å². The SMILES string of the molecule is CCOC(=O)C[C@@H](NC(=O)c1ccccn1)C(N)=O. The van der Waals surface area contributed by atoms with Crippen LogP contribution in [0.1, 0.15) is 23.8 Å². The molecule has 0 saturated heterocycles. The molecule has 7 nitrogen and oxygen atoms in total. The number of hydrogen-bond donors (Lipinski definition) is 2. The van der Waals surface area contributed by atoms with Gasteiger partial charge in [0, 0.05) is 6.20 Å². The predicted molar refractivity (Wildman–Crippen MR) is 65.9 cm³/mol. The van der Waals surface area contributed by atoms with E-state index in [4.69, 9.17) is 10.5 Å². The van der Waals surface area contributed by atoms with Gasteiger partial charge in [-0.3, -0.25) is 19.4 Å². The fraction of sp³-hybridized carbons (Fsp3) is 0.333. The molecule has 1 heterocycles. The van der Waals surface area contributed by atoms with Crippen molar-refractivity contribution in [2.24, 2.45) is 5.73 Å². The highest BCUT2D eigenvalue weighted by molar-refractivity contribution is 5.96. The molecule has 0 aromatic carbocycles. The first-order chi connectivity index (χ1) is 9.04. The Morgan fingerprint density at radius 3 is 2.68 bits per heavy atom. The van der Waals surface area contributed by atoms with Crippen molar-refractivity contribution >= 4 is 17.8 Å². The molecule has 0 bridgehead atoms. The number of nitrogens with two attached hydrogens (primary N) is 1. The molecule has 3 N–H and O–H groups in total. The van der Waals surface area contributed by atoms with Crippen LogP contribution in [-0.4, -0.2) is 35.4 Å². The van der Waals surface area contributed by atoms with Gasteiger partial charge in [0.1, 0.15) is 11.7 Å². The molecule has 0 fully saturated rings. The van der Waals surface area contributed by atoms with Crippen molar-refractivity contribution in [3.05, 3.63) is 30.1 Å². The summed E-state index contributed by atoms with van der Waals surface area (Å²) in [7, 11) is 0. The molecule has 0 aliphatic carbocycles. The van der Waals surface area contributed by atoms with Gasteiger partial charge < -0.3 is 15.8 Å². The Hall–Kier alpha value is -2.44. The van der Waals surface area contributed by atoms with E-state index in [9.17, 15) is 14.4 Å². The molecule has 7 heteroatoms. The summed E-state index contributed by atoms with van der Waals surface area (Å²) in [5.41, 5.74) is 5.26. The third kappa shape index (κ3) is 4.74. The summed E-state index contributed by atoms with van der Waals surface area (Å²) in [6, 6.07) is 3.65. The summed E-state index contributed by atoms with van der Waals surface area (Å²) in [6.45, 7) is 1.84. The number of amides is 2. The van der Waals surface area contributed by atoms with Gasteiger partial charge >= 0.3 is 5.97 Å². The van der Waals surface area contributed by atoms with Crippen molar-refractivity contribution in [3.8, 4) is 0 Å². The maximum absolute atomic E-state index is 11.8. The lowest BCUT2D eigenvalue weighted by molar-refractivity contribution is -0.145. The molecule has 1 rings (SSSR count). The number of carbonyl (C=O) groups excluding carboxylic acids is 3. The van der Waals surface area contributed by atoms with Crippen LogP contribution in [0.25, 0.3) is 0 Å². The lowest BCUT2D eigenvalue weighted by atomic mass is 10.2. The van der Waals surface area contributed by atoms with E-state index >= 15 is 0 Å². The van der Waals surface area contributed by atoms with Gasteiger partial charge in [-0.2, -0.15) is 0 Å². The molecule has 2 amide bonds. The molecule has 1 aromatic heterocycles. The lowest BCUT2D eigenvalue weighted by Gasteiger charge is -2.14. The maximum atomic E-state index is 11.8. The van der Waals surface area contributed by atoms with Gasteiger partial charge in [-0.15, -0.1) is 0 Å². The number of ether oxygens (including phenoxy) is 1. The Bertz CT molecular complexity index is 461. The van der Waals surface area contributed by atoms with Gasteiger partial charge in [-0.1, -0.05) is 6.07 Å². The monoisotopic (exact) mass is 265 g/mol. The van der Waals surface area contributed by atoms with Crippen molar-refractivity contribution in [2.75, 3.05) is 6.61 Å². The van der Waals surface area contributed by atoms with Crippen molar-refractivity contribution < 1.29 is 19.1 Å². The molecule has 0 saturated carbocycles. The van der Waals surface area contributed by atoms with Crippen LogP contribution in [0.5, 0.6) is 0 Å². The van der Waals surface area contributed by atoms with Gasteiger partial charge in [0.15, 0.2) is 0 Å². The normalized spacial score (nSPS) is 11.4. The highest BCUT2D eigenvalue weighted by Gasteiger charge is 2.23. The Morgan fingerprint density at radius 1 is 1.42 bits per heavy atom. The first kappa shape index (κ1) is 14.6. The number of nitrogens with zero attached hydrogens (tertiary/aromatic N) is 1. The Kier molecular flexibility index (Phi) is 5.46. The molecule has 0 unspecified atom stereocenters. The van der Waals surface area contributed by atoms with Gasteiger partial charge in [0.25, 0.3) is 5.91 Å². The zero-order valence-corrected chi connectivity index (χ0v) is 10.5. The summed E-state index contributed by atoms with van der Waals surface area (Å²) in [6.07, 6.45) is 1.14. The van der Waals surface area contributed by atoms with E-state index in [1.54, 1.807) is 19.1 Å². The number of pyridine rings is 1. The van der Waals surface area contributed by atoms with E-state index in [-0.39, 0.29) is 18.7 Å². The number of rotatable bonds is 6. The van der Waals surface area contributed by atoms with Gasteiger partial charge in [0.05, 0.1) is 13.0 Å². The van der Waals surface area contributed by atoms with Crippen LogP contribution in [0.4, 0.5) is 0 Å². The minimum Gasteiger partial charge on any atom is -0.466 e. The van der Waals surface area contributed by atoms with Crippen LogP contribution in [0.15, 0.2) is 24.4 Å². The summed E-state index contributed by atoms with van der Waals surface area (Å²) in [5, 5.41) is 2.35. The fourth-order valence-corrected chi connectivity index (χ4v) is 1.34. The average molecular weight is 265 g/mol. The van der Waals surface area contributed by atoms with E-state index in [1.807, 2.05) is 0 Å². The van der Waals surface area contributed by atoms with E-state index in [0.717, 1.165) is 0 Å². The van der Waals surface area contributed by atoms with Crippen LogP contribution in [-0.2, 0) is 14.3 Å². The third-order valence-corrected chi connectivity index (χ3v) is 2.22. The van der Waals surface area contributed by atoms with Crippen LogP contribution in [0, 0.1) is 0 Å². The summed E-state index contributed by atoms with van der Waals surface area (Å²) < 4.78 is 4.70. The first-order valence-electron chi connectivity index (χ1n) is 5.71. The highest BCUT2D eigenvalue weighted by atomic mass is 16.5. The van der Waals surface area contributed by atoms with Gasteiger partial charge in [-0.05, 0) is 19.1 Å². The Balaban J connectivity index is 2.66. The molecule has 0 aliphatic heterocycles. The second-order valence-corrected chi connectivity index (χ2v) is 3.65. The maximum Gasteiger partial charge on any atom is 0.308 e. The topological polar surface area (TPSA) is 111 Å². The van der Waals surface area contributed by atoms with E-state index in [1.165, 1.54) is 12.3 Å². The highest BCUT2D eigenvalue weighted by Crippen LogP contribution is 1.99. The summed E-state index contributed by atoms with van der Waals surface area (Å²) >= 11 is 0. The predicted octanol–water partition coefficient (Wildman–Crippen LogP) is -0.381. The number of esters is 1. The van der Waals surface area contributed by atoms with E-state index in [2.05, 4.69) is 10.3 Å². The van der Waals surface area contributed by atoms with Crippen molar-refractivity contribution in [1.29, 1.82) is 0 Å². The molecule has 19 heavy (non-hydrogen) atoms. The minimum atomic E-state index is -1.12. The number of aromatic nitrogens is 1. The standard InChI is InChI=1S/C12H15N3O4/c1-2-19-10(16)7-9(11(13)17)15-12(18)8-5-3-4-6-14-8/h3-6,9H,2,7H2,1H3,(H2,13,17)(H,15,18)/t9-/m1/s1. The average Bonchev–Trinajstić information content (AvgIpc) is 2.39. The Labute approximate surface area is 110 Å². The summed E-state index contributed by atoms with van der Waals surface area (Å²) in [5.74, 6) is -1.99. The first-order valence-corrected chi connectivity index (χ1v) is 5.71. The number of carbonyl (C=O) groups is 3. The quantitative estimate of drug-likeness (QED) is 0.681. The van der Waals surface area contributed by atoms with E-state index in [0.29, 0.717) is 0 Å². The lowest BCUT2D eigenvalue weighted by Crippen LogP contribution is -2.46. The molecule has 0 aliphatic rings. The van der Waals surface area contributed by atoms with Crippen LogP contribution >= 0.6 is 0 Å². The number of nitrogens with one attached hydrogen (secondary N) is 1. The van der Waals surface area contributed by atoms with Crippen LogP contribution in [0.3, 0.4) is 0 Å². The van der Waals surface area contributed by atoms with Gasteiger partial charge in [0.2, 0.25) is 5.91 Å². The minimum absolute atomic E-state index is 0.137. The molecule has 1 atom stereocenters. The zero-order valence-electron chi connectivity index (χ0n) is 10.5. The van der Waals surface area contributed by atoms with Gasteiger partial charge in [-0.25, -0.2) is 0 Å². The molecular formula is C12H15N3O4. The molecule has 0 spiro atoms. The number of hydrogen-bond acceptors (Lipinski definition) is 5. The molecule has 0 radical (unpaired) electrons. The molecule has 102 valence electrons. The fourth-order valence-electron chi connectivity index (χ4n) is 1.34. The van der Waals surface area contributed by atoms with Crippen LogP contribution < -0.4 is 11.1 Å². The second kappa shape index (κ2) is 7.10. The summed E-state index contributed by atoms with van der Waals surface area (Å²) in [4.78, 5) is 38.1. The van der Waals surface area contributed by atoms with Crippen molar-refractivity contribution in [3.63, 3.8) is 0 Å². The zero-order chi connectivity index (χ0) is 14.3. The van der Waals surface area contributed by atoms with Crippen molar-refractivity contribution in [2.45, 2.75) is 19.4 Å². The molecular weight excluding hydrogens is 250 g/mol.